The number of hydrogen-bond donors (Lipinski definition) is 2. The summed E-state index contributed by atoms with van der Waals surface area (Å²) in [6.45, 7) is 3.71. The van der Waals surface area contributed by atoms with E-state index in [1.165, 1.54) is 17.6 Å². The zero-order valence-electron chi connectivity index (χ0n) is 17.2. The van der Waals surface area contributed by atoms with Crippen LogP contribution < -0.4 is 10.6 Å². The molecule has 1 atom stereocenters. The number of carbonyl (C=O) groups excluding carboxylic acids is 3. The smallest absolute Gasteiger partial charge is 0.308 e. The first kappa shape index (κ1) is 22.2. The summed E-state index contributed by atoms with van der Waals surface area (Å²) in [7, 11) is 0. The van der Waals surface area contributed by atoms with E-state index < -0.39 is 6.04 Å². The Morgan fingerprint density at radius 2 is 1.97 bits per heavy atom. The van der Waals surface area contributed by atoms with E-state index in [0.29, 0.717) is 22.1 Å². The number of furan rings is 1. The Morgan fingerprint density at radius 3 is 2.65 bits per heavy atom. The lowest BCUT2D eigenvalue weighted by molar-refractivity contribution is -0.143. The van der Waals surface area contributed by atoms with E-state index in [9.17, 15) is 14.4 Å². The first-order chi connectivity index (χ1) is 15.0. The van der Waals surface area contributed by atoms with Crippen molar-refractivity contribution in [1.29, 1.82) is 0 Å². The number of hydrogen-bond acceptors (Lipinski definition) is 7. The molecule has 31 heavy (non-hydrogen) atoms. The number of benzene rings is 1. The third kappa shape index (κ3) is 6.26. The number of esters is 1. The molecule has 1 aromatic carbocycles. The molecule has 0 saturated heterocycles. The van der Waals surface area contributed by atoms with E-state index in [2.05, 4.69) is 15.6 Å². The second kappa shape index (κ2) is 10.5. The van der Waals surface area contributed by atoms with E-state index >= 15 is 0 Å². The summed E-state index contributed by atoms with van der Waals surface area (Å²) in [5.74, 6) is -0.478. The van der Waals surface area contributed by atoms with Crippen molar-refractivity contribution in [2.75, 3.05) is 11.9 Å². The highest BCUT2D eigenvalue weighted by molar-refractivity contribution is 7.14. The topological polar surface area (TPSA) is 111 Å². The molecule has 162 valence electrons. The van der Waals surface area contributed by atoms with Crippen LogP contribution in [0, 0.1) is 6.92 Å². The van der Waals surface area contributed by atoms with E-state index in [1.54, 1.807) is 25.3 Å². The Hall–Kier alpha value is -3.46. The number of nitrogens with zero attached hydrogens (tertiary/aromatic N) is 1. The van der Waals surface area contributed by atoms with E-state index in [-0.39, 0.29) is 37.2 Å². The molecule has 0 unspecified atom stereocenters. The molecular weight excluding hydrogens is 418 g/mol. The summed E-state index contributed by atoms with van der Waals surface area (Å²) >= 11 is 1.23. The van der Waals surface area contributed by atoms with Gasteiger partial charge in [0.05, 0.1) is 43.0 Å². The Kier molecular flexibility index (Phi) is 7.55. The van der Waals surface area contributed by atoms with Crippen molar-refractivity contribution in [3.63, 3.8) is 0 Å². The van der Waals surface area contributed by atoms with Crippen LogP contribution in [0.15, 0.2) is 52.5 Å². The molecule has 3 rings (SSSR count). The monoisotopic (exact) mass is 441 g/mol. The molecule has 0 radical (unpaired) electrons. The van der Waals surface area contributed by atoms with E-state index in [1.807, 2.05) is 30.3 Å². The third-order valence-corrected chi connectivity index (χ3v) is 5.24. The molecule has 2 amide bonds. The lowest BCUT2D eigenvalue weighted by Crippen LogP contribution is -2.31. The average molecular weight is 442 g/mol. The van der Waals surface area contributed by atoms with Gasteiger partial charge in [0.25, 0.3) is 5.91 Å². The molecule has 0 aliphatic heterocycles. The van der Waals surface area contributed by atoms with Gasteiger partial charge >= 0.3 is 5.97 Å². The van der Waals surface area contributed by atoms with Gasteiger partial charge in [0.15, 0.2) is 5.13 Å². The molecule has 0 bridgehead atoms. The molecule has 9 heteroatoms. The molecule has 8 nitrogen and oxygen atoms in total. The quantitative estimate of drug-likeness (QED) is 0.491. The van der Waals surface area contributed by atoms with Crippen molar-refractivity contribution in [3.8, 4) is 0 Å². The molecule has 2 heterocycles. The van der Waals surface area contributed by atoms with Gasteiger partial charge in [-0.05, 0) is 25.5 Å². The Labute approximate surface area is 183 Å². The largest absolute Gasteiger partial charge is 0.469 e. The minimum Gasteiger partial charge on any atom is -0.469 e. The molecule has 0 saturated carbocycles. The van der Waals surface area contributed by atoms with Crippen molar-refractivity contribution in [2.45, 2.75) is 32.7 Å². The second-order valence-corrected chi connectivity index (χ2v) is 7.56. The number of aryl methyl sites for hydroxylation is 1. The van der Waals surface area contributed by atoms with Gasteiger partial charge < -0.3 is 14.5 Å². The number of thiazole rings is 1. The first-order valence-electron chi connectivity index (χ1n) is 9.76. The number of ether oxygens (including phenoxy) is 1. The maximum atomic E-state index is 12.6. The van der Waals surface area contributed by atoms with Crippen molar-refractivity contribution < 1.29 is 23.5 Å². The second-order valence-electron chi connectivity index (χ2n) is 6.71. The maximum Gasteiger partial charge on any atom is 0.308 e. The lowest BCUT2D eigenvalue weighted by Gasteiger charge is -2.18. The van der Waals surface area contributed by atoms with E-state index in [4.69, 9.17) is 9.15 Å². The van der Waals surface area contributed by atoms with Gasteiger partial charge in [-0.3, -0.25) is 19.7 Å². The minimum absolute atomic E-state index is 0.0171. The Bertz CT molecular complexity index is 1040. The van der Waals surface area contributed by atoms with Gasteiger partial charge in [0, 0.05) is 5.38 Å². The molecule has 3 aromatic rings. The van der Waals surface area contributed by atoms with Gasteiger partial charge in [0.1, 0.15) is 5.76 Å². The summed E-state index contributed by atoms with van der Waals surface area (Å²) in [5.41, 5.74) is 1.76. The highest BCUT2D eigenvalue weighted by Crippen LogP contribution is 2.20. The molecule has 0 spiro atoms. The Morgan fingerprint density at radius 1 is 1.19 bits per heavy atom. The van der Waals surface area contributed by atoms with Crippen LogP contribution in [0.1, 0.15) is 46.8 Å². The van der Waals surface area contributed by atoms with Crippen LogP contribution in [-0.4, -0.2) is 29.4 Å². The van der Waals surface area contributed by atoms with Gasteiger partial charge in [0.2, 0.25) is 5.91 Å². The fourth-order valence-electron chi connectivity index (χ4n) is 2.96. The molecule has 2 aromatic heterocycles. The lowest BCUT2D eigenvalue weighted by atomic mass is 10.0. The van der Waals surface area contributed by atoms with Crippen molar-refractivity contribution in [2.24, 2.45) is 0 Å². The highest BCUT2D eigenvalue weighted by atomic mass is 32.1. The predicted molar refractivity (Wildman–Crippen MR) is 116 cm³/mol. The molecule has 0 aliphatic carbocycles. The van der Waals surface area contributed by atoms with Crippen LogP contribution in [0.25, 0.3) is 0 Å². The molecule has 0 aliphatic rings. The van der Waals surface area contributed by atoms with Crippen molar-refractivity contribution >= 4 is 34.3 Å². The summed E-state index contributed by atoms with van der Waals surface area (Å²) in [5, 5.41) is 7.67. The molecule has 2 N–H and O–H groups in total. The van der Waals surface area contributed by atoms with Crippen LogP contribution in [0.2, 0.25) is 0 Å². The zero-order chi connectivity index (χ0) is 22.2. The van der Waals surface area contributed by atoms with Gasteiger partial charge in [-0.25, -0.2) is 4.98 Å². The van der Waals surface area contributed by atoms with Crippen LogP contribution in [-0.2, 0) is 20.7 Å². The summed E-state index contributed by atoms with van der Waals surface area (Å²) in [4.78, 5) is 41.1. The number of rotatable bonds is 9. The molecule has 0 fully saturated rings. The maximum absolute atomic E-state index is 12.6. The van der Waals surface area contributed by atoms with Crippen molar-refractivity contribution in [1.82, 2.24) is 10.3 Å². The van der Waals surface area contributed by atoms with Gasteiger partial charge in [-0.2, -0.15) is 0 Å². The highest BCUT2D eigenvalue weighted by Gasteiger charge is 2.20. The fraction of sp³-hybridized carbons (Fsp3) is 0.273. The van der Waals surface area contributed by atoms with Gasteiger partial charge in [-0.15, -0.1) is 11.3 Å². The minimum atomic E-state index is -0.505. The van der Waals surface area contributed by atoms with Crippen LogP contribution >= 0.6 is 11.3 Å². The number of aromatic nitrogens is 1. The zero-order valence-corrected chi connectivity index (χ0v) is 18.0. The van der Waals surface area contributed by atoms with Gasteiger partial charge in [-0.1, -0.05) is 30.3 Å². The van der Waals surface area contributed by atoms with Crippen LogP contribution in [0.4, 0.5) is 5.13 Å². The summed E-state index contributed by atoms with van der Waals surface area (Å²) in [6, 6.07) is 10.3. The third-order valence-electron chi connectivity index (χ3n) is 4.43. The van der Waals surface area contributed by atoms with Crippen LogP contribution in [0.3, 0.4) is 0 Å². The number of amides is 2. The average Bonchev–Trinajstić information content (AvgIpc) is 3.37. The predicted octanol–water partition coefficient (Wildman–Crippen LogP) is 3.65. The number of carbonyl (C=O) groups is 3. The standard InChI is InChI=1S/C22H23N3O5S/c1-3-29-20(27)12-18(15-7-5-4-6-8-15)24-19(26)11-16-13-31-22(23-16)25-21(28)17-9-10-30-14(17)2/h4-10,13,18H,3,11-12H2,1-2H3,(H,24,26)(H,23,25,28)/t18-/m1/s1. The fourth-order valence-corrected chi connectivity index (χ4v) is 3.67. The number of nitrogens with one attached hydrogen (secondary N) is 2. The van der Waals surface area contributed by atoms with Crippen molar-refractivity contribution in [3.05, 3.63) is 70.6 Å². The number of anilines is 1. The van der Waals surface area contributed by atoms with E-state index in [0.717, 1.165) is 5.56 Å². The SMILES string of the molecule is CCOC(=O)C[C@@H](NC(=O)Cc1csc(NC(=O)c2ccoc2C)n1)c1ccccc1. The summed E-state index contributed by atoms with van der Waals surface area (Å²) < 4.78 is 10.2. The van der Waals surface area contributed by atoms with Crippen LogP contribution in [0.5, 0.6) is 0 Å². The first-order valence-corrected chi connectivity index (χ1v) is 10.6. The Balaban J connectivity index is 1.61. The normalized spacial score (nSPS) is 11.5. The molecular formula is C22H23N3O5S. The summed E-state index contributed by atoms with van der Waals surface area (Å²) in [6.07, 6.45) is 1.50.